The molecule has 2 aliphatic heterocycles. The highest BCUT2D eigenvalue weighted by molar-refractivity contribution is 5.95. The smallest absolute Gasteiger partial charge is 0.254 e. The van der Waals surface area contributed by atoms with Gasteiger partial charge in [-0.3, -0.25) is 4.79 Å². The van der Waals surface area contributed by atoms with Crippen molar-refractivity contribution < 1.29 is 23.7 Å². The maximum atomic E-state index is 13.2. The molecule has 0 saturated carbocycles. The van der Waals surface area contributed by atoms with Crippen LogP contribution < -0.4 is 19.1 Å². The Morgan fingerprint density at radius 1 is 0.931 bits per heavy atom. The van der Waals surface area contributed by atoms with Gasteiger partial charge in [0.25, 0.3) is 5.91 Å². The van der Waals surface area contributed by atoms with Crippen LogP contribution in [-0.2, 0) is 11.3 Å². The van der Waals surface area contributed by atoms with Gasteiger partial charge in [0.1, 0.15) is 12.4 Å². The van der Waals surface area contributed by atoms with Crippen molar-refractivity contribution in [1.29, 1.82) is 0 Å². The summed E-state index contributed by atoms with van der Waals surface area (Å²) in [5.74, 6) is 1.92. The zero-order valence-corrected chi connectivity index (χ0v) is 16.8. The summed E-state index contributed by atoms with van der Waals surface area (Å²) in [5.41, 5.74) is 2.71. The van der Waals surface area contributed by atoms with Crippen molar-refractivity contribution in [2.45, 2.75) is 6.54 Å². The molecule has 2 aliphatic rings. The van der Waals surface area contributed by atoms with Crippen molar-refractivity contribution in [3.8, 4) is 17.2 Å². The molecule has 0 atom stereocenters. The number of ether oxygens (including phenoxy) is 4. The van der Waals surface area contributed by atoms with E-state index in [1.54, 1.807) is 32.4 Å². The van der Waals surface area contributed by atoms with E-state index in [2.05, 4.69) is 17.0 Å². The van der Waals surface area contributed by atoms with E-state index in [1.807, 2.05) is 11.0 Å². The van der Waals surface area contributed by atoms with Crippen LogP contribution in [-0.4, -0.2) is 64.5 Å². The third-order valence-corrected chi connectivity index (χ3v) is 5.32. The minimum atomic E-state index is -0.0563. The molecule has 1 fully saturated rings. The maximum absolute atomic E-state index is 13.2. The van der Waals surface area contributed by atoms with E-state index in [0.29, 0.717) is 36.8 Å². The highest BCUT2D eigenvalue weighted by Gasteiger charge is 2.23. The quantitative estimate of drug-likeness (QED) is 0.789. The SMILES string of the molecule is COc1ccc(C(=O)N2CCOc3ccc(N4CCOCC4)cc3C2)cc1OC. The molecule has 0 aliphatic carbocycles. The summed E-state index contributed by atoms with van der Waals surface area (Å²) in [6.07, 6.45) is 0. The van der Waals surface area contributed by atoms with Gasteiger partial charge in [-0.1, -0.05) is 0 Å². The van der Waals surface area contributed by atoms with Crippen LogP contribution in [0.3, 0.4) is 0 Å². The van der Waals surface area contributed by atoms with Crippen molar-refractivity contribution in [3.63, 3.8) is 0 Å². The lowest BCUT2D eigenvalue weighted by molar-refractivity contribution is 0.0733. The first-order valence-corrected chi connectivity index (χ1v) is 9.79. The first-order valence-electron chi connectivity index (χ1n) is 9.79. The summed E-state index contributed by atoms with van der Waals surface area (Å²) in [6.45, 7) is 4.69. The molecule has 0 spiro atoms. The summed E-state index contributed by atoms with van der Waals surface area (Å²) in [7, 11) is 3.14. The third kappa shape index (κ3) is 4.10. The number of morpholine rings is 1. The maximum Gasteiger partial charge on any atom is 0.254 e. The van der Waals surface area contributed by atoms with Gasteiger partial charge in [0, 0.05) is 36.4 Å². The van der Waals surface area contributed by atoms with E-state index in [0.717, 1.165) is 43.3 Å². The molecule has 0 unspecified atom stereocenters. The topological polar surface area (TPSA) is 60.5 Å². The number of rotatable bonds is 4. The number of hydrogen-bond acceptors (Lipinski definition) is 6. The molecule has 7 nitrogen and oxygen atoms in total. The zero-order chi connectivity index (χ0) is 20.2. The van der Waals surface area contributed by atoms with Crippen LogP contribution in [0.15, 0.2) is 36.4 Å². The van der Waals surface area contributed by atoms with E-state index >= 15 is 0 Å². The Labute approximate surface area is 170 Å². The molecule has 2 heterocycles. The summed E-state index contributed by atoms with van der Waals surface area (Å²) in [5, 5.41) is 0. The van der Waals surface area contributed by atoms with Crippen LogP contribution >= 0.6 is 0 Å². The summed E-state index contributed by atoms with van der Waals surface area (Å²) >= 11 is 0. The van der Waals surface area contributed by atoms with Crippen molar-refractivity contribution in [3.05, 3.63) is 47.5 Å². The van der Waals surface area contributed by atoms with Crippen molar-refractivity contribution in [2.75, 3.05) is 58.6 Å². The van der Waals surface area contributed by atoms with Crippen molar-refractivity contribution >= 4 is 11.6 Å². The number of carbonyl (C=O) groups is 1. The Morgan fingerprint density at radius 3 is 2.48 bits per heavy atom. The second-order valence-corrected chi connectivity index (χ2v) is 7.04. The minimum absolute atomic E-state index is 0.0563. The molecule has 0 radical (unpaired) electrons. The number of methoxy groups -OCH3 is 2. The summed E-state index contributed by atoms with van der Waals surface area (Å²) in [4.78, 5) is 17.3. The monoisotopic (exact) mass is 398 g/mol. The predicted octanol–water partition coefficient (Wildman–Crippen LogP) is 2.58. The Hall–Kier alpha value is -2.93. The molecule has 4 rings (SSSR count). The van der Waals surface area contributed by atoms with Crippen LogP contribution in [0, 0.1) is 0 Å². The predicted molar refractivity (Wildman–Crippen MR) is 109 cm³/mol. The molecule has 0 aromatic heterocycles. The highest BCUT2D eigenvalue weighted by atomic mass is 16.5. The molecule has 2 aromatic carbocycles. The van der Waals surface area contributed by atoms with Crippen LogP contribution in [0.4, 0.5) is 5.69 Å². The van der Waals surface area contributed by atoms with Crippen molar-refractivity contribution in [2.24, 2.45) is 0 Å². The van der Waals surface area contributed by atoms with Gasteiger partial charge in [-0.25, -0.2) is 0 Å². The van der Waals surface area contributed by atoms with Gasteiger partial charge in [0.05, 0.1) is 34.0 Å². The van der Waals surface area contributed by atoms with Gasteiger partial charge < -0.3 is 28.7 Å². The average molecular weight is 398 g/mol. The largest absolute Gasteiger partial charge is 0.493 e. The molecule has 29 heavy (non-hydrogen) atoms. The molecule has 0 N–H and O–H groups in total. The Balaban J connectivity index is 1.56. The first-order chi connectivity index (χ1) is 14.2. The normalized spacial score (nSPS) is 16.5. The molecule has 2 aromatic rings. The van der Waals surface area contributed by atoms with Crippen LogP contribution in [0.1, 0.15) is 15.9 Å². The first kappa shape index (κ1) is 19.4. The van der Waals surface area contributed by atoms with E-state index in [-0.39, 0.29) is 5.91 Å². The highest BCUT2D eigenvalue weighted by Crippen LogP contribution is 2.31. The molecular formula is C22H26N2O5. The standard InChI is InChI=1S/C22H26N2O5/c1-26-20-5-3-16(14-21(20)27-2)22(25)24-9-12-29-19-6-4-18(13-17(19)15-24)23-7-10-28-11-8-23/h3-6,13-14H,7-12,15H2,1-2H3. The van der Waals surface area contributed by atoms with Gasteiger partial charge in [-0.05, 0) is 36.4 Å². The summed E-state index contributed by atoms with van der Waals surface area (Å²) in [6, 6.07) is 11.4. The van der Waals surface area contributed by atoms with E-state index in [9.17, 15) is 4.79 Å². The molecule has 0 bridgehead atoms. The molecular weight excluding hydrogens is 372 g/mol. The molecule has 1 saturated heterocycles. The number of fused-ring (bicyclic) bond motifs is 1. The lowest BCUT2D eigenvalue weighted by atomic mass is 10.1. The Bertz CT molecular complexity index is 880. The Kier molecular flexibility index (Phi) is 5.76. The van der Waals surface area contributed by atoms with Crippen LogP contribution in [0.2, 0.25) is 0 Å². The van der Waals surface area contributed by atoms with E-state index < -0.39 is 0 Å². The molecule has 1 amide bonds. The fraction of sp³-hybridized carbons (Fsp3) is 0.409. The fourth-order valence-corrected chi connectivity index (χ4v) is 3.72. The number of benzene rings is 2. The van der Waals surface area contributed by atoms with E-state index in [1.165, 1.54) is 0 Å². The fourth-order valence-electron chi connectivity index (χ4n) is 3.72. The number of nitrogens with zero attached hydrogens (tertiary/aromatic N) is 2. The van der Waals surface area contributed by atoms with Gasteiger partial charge >= 0.3 is 0 Å². The molecule has 7 heteroatoms. The number of amides is 1. The number of anilines is 1. The van der Waals surface area contributed by atoms with Crippen LogP contribution in [0.25, 0.3) is 0 Å². The third-order valence-electron chi connectivity index (χ3n) is 5.32. The average Bonchev–Trinajstić information content (AvgIpc) is 3.00. The van der Waals surface area contributed by atoms with Gasteiger partial charge in [0.15, 0.2) is 11.5 Å². The Morgan fingerprint density at radius 2 is 1.72 bits per heavy atom. The second kappa shape index (κ2) is 8.61. The lowest BCUT2D eigenvalue weighted by Gasteiger charge is -2.29. The van der Waals surface area contributed by atoms with Gasteiger partial charge in [0.2, 0.25) is 0 Å². The second-order valence-electron chi connectivity index (χ2n) is 7.04. The van der Waals surface area contributed by atoms with Crippen molar-refractivity contribution in [1.82, 2.24) is 4.90 Å². The zero-order valence-electron chi connectivity index (χ0n) is 16.8. The van der Waals surface area contributed by atoms with Gasteiger partial charge in [-0.15, -0.1) is 0 Å². The summed E-state index contributed by atoms with van der Waals surface area (Å²) < 4.78 is 22.0. The van der Waals surface area contributed by atoms with E-state index in [4.69, 9.17) is 18.9 Å². The number of hydrogen-bond donors (Lipinski definition) is 0. The van der Waals surface area contributed by atoms with Crippen LogP contribution in [0.5, 0.6) is 17.2 Å². The number of carbonyl (C=O) groups excluding carboxylic acids is 1. The minimum Gasteiger partial charge on any atom is -0.493 e. The lowest BCUT2D eigenvalue weighted by Crippen LogP contribution is -2.36. The van der Waals surface area contributed by atoms with Gasteiger partial charge in [-0.2, -0.15) is 0 Å². The molecule has 154 valence electrons.